The highest BCUT2D eigenvalue weighted by Gasteiger charge is 2.21. The Kier molecular flexibility index (Phi) is 4.82. The van der Waals surface area contributed by atoms with Gasteiger partial charge in [0.2, 0.25) is 0 Å². The van der Waals surface area contributed by atoms with E-state index in [1.807, 2.05) is 0 Å². The van der Waals surface area contributed by atoms with Gasteiger partial charge in [-0.1, -0.05) is 12.2 Å². The predicted octanol–water partition coefficient (Wildman–Crippen LogP) is 2.76. The highest BCUT2D eigenvalue weighted by atomic mass is 35.5. The SMILES string of the molecule is C1=CC(C2CCNCC2)CCC1.Cl. The number of hydrogen-bond acceptors (Lipinski definition) is 1. The smallest absolute Gasteiger partial charge is 0.00461 e. The Bertz CT molecular complexity index is 161. The first-order valence-electron chi connectivity index (χ1n) is 5.34. The van der Waals surface area contributed by atoms with Crippen LogP contribution in [-0.4, -0.2) is 13.1 Å². The fraction of sp³-hybridized carbons (Fsp3) is 0.818. The Labute approximate surface area is 87.4 Å². The molecule has 76 valence electrons. The van der Waals surface area contributed by atoms with Crippen LogP contribution in [0.25, 0.3) is 0 Å². The monoisotopic (exact) mass is 201 g/mol. The van der Waals surface area contributed by atoms with Gasteiger partial charge in [0.25, 0.3) is 0 Å². The second kappa shape index (κ2) is 5.66. The first-order chi connectivity index (χ1) is 5.97. The van der Waals surface area contributed by atoms with Gasteiger partial charge in [-0.2, -0.15) is 0 Å². The Morgan fingerprint density at radius 2 is 1.85 bits per heavy atom. The molecule has 0 aromatic carbocycles. The first-order valence-corrected chi connectivity index (χ1v) is 5.34. The minimum absolute atomic E-state index is 0. The number of halogens is 1. The van der Waals surface area contributed by atoms with Gasteiger partial charge in [-0.15, -0.1) is 12.4 Å². The van der Waals surface area contributed by atoms with Crippen LogP contribution in [0, 0.1) is 11.8 Å². The normalized spacial score (nSPS) is 29.7. The van der Waals surface area contributed by atoms with Crippen molar-refractivity contribution in [1.82, 2.24) is 5.32 Å². The number of rotatable bonds is 1. The van der Waals surface area contributed by atoms with Gasteiger partial charge in [-0.05, 0) is 57.0 Å². The van der Waals surface area contributed by atoms with Crippen LogP contribution in [-0.2, 0) is 0 Å². The molecular formula is C11H20ClN. The molecule has 0 aromatic rings. The summed E-state index contributed by atoms with van der Waals surface area (Å²) in [5.74, 6) is 1.91. The Hall–Kier alpha value is -0.0100. The summed E-state index contributed by atoms with van der Waals surface area (Å²) in [7, 11) is 0. The maximum absolute atomic E-state index is 3.43. The summed E-state index contributed by atoms with van der Waals surface area (Å²) in [6.45, 7) is 2.49. The summed E-state index contributed by atoms with van der Waals surface area (Å²) < 4.78 is 0. The largest absolute Gasteiger partial charge is 0.317 e. The zero-order chi connectivity index (χ0) is 8.23. The molecule has 1 heterocycles. The lowest BCUT2D eigenvalue weighted by Gasteiger charge is -2.30. The highest BCUT2D eigenvalue weighted by Crippen LogP contribution is 2.30. The highest BCUT2D eigenvalue weighted by molar-refractivity contribution is 5.85. The van der Waals surface area contributed by atoms with E-state index in [2.05, 4.69) is 17.5 Å². The summed E-state index contributed by atoms with van der Waals surface area (Å²) in [6.07, 6.45) is 11.8. The van der Waals surface area contributed by atoms with Gasteiger partial charge in [-0.25, -0.2) is 0 Å². The van der Waals surface area contributed by atoms with E-state index < -0.39 is 0 Å². The lowest BCUT2D eigenvalue weighted by molar-refractivity contribution is 0.279. The lowest BCUT2D eigenvalue weighted by atomic mass is 9.79. The average Bonchev–Trinajstić information content (AvgIpc) is 2.21. The van der Waals surface area contributed by atoms with Gasteiger partial charge in [-0.3, -0.25) is 0 Å². The molecule has 1 N–H and O–H groups in total. The van der Waals surface area contributed by atoms with Gasteiger partial charge in [0.05, 0.1) is 0 Å². The fourth-order valence-electron chi connectivity index (χ4n) is 2.50. The molecule has 1 saturated heterocycles. The Morgan fingerprint density at radius 1 is 1.08 bits per heavy atom. The van der Waals surface area contributed by atoms with E-state index in [4.69, 9.17) is 0 Å². The van der Waals surface area contributed by atoms with Crippen LogP contribution in [0.2, 0.25) is 0 Å². The van der Waals surface area contributed by atoms with Crippen molar-refractivity contribution in [3.63, 3.8) is 0 Å². The molecule has 1 aliphatic heterocycles. The van der Waals surface area contributed by atoms with E-state index >= 15 is 0 Å². The van der Waals surface area contributed by atoms with E-state index in [0.717, 1.165) is 11.8 Å². The standard InChI is InChI=1S/C11H19N.ClH/c1-2-4-10(5-3-1)11-6-8-12-9-7-11;/h2,4,10-12H,1,3,5-9H2;1H. The molecule has 2 aliphatic rings. The fourth-order valence-corrected chi connectivity index (χ4v) is 2.50. The van der Waals surface area contributed by atoms with E-state index in [1.54, 1.807) is 0 Å². The van der Waals surface area contributed by atoms with Crippen molar-refractivity contribution in [3.8, 4) is 0 Å². The van der Waals surface area contributed by atoms with Crippen LogP contribution in [0.15, 0.2) is 12.2 Å². The molecule has 0 spiro atoms. The van der Waals surface area contributed by atoms with Crippen LogP contribution in [0.4, 0.5) is 0 Å². The third-order valence-electron chi connectivity index (χ3n) is 3.28. The number of allylic oxidation sites excluding steroid dienone is 2. The Morgan fingerprint density at radius 3 is 2.46 bits per heavy atom. The third kappa shape index (κ3) is 2.99. The van der Waals surface area contributed by atoms with Gasteiger partial charge in [0.15, 0.2) is 0 Å². The quantitative estimate of drug-likeness (QED) is 0.644. The molecule has 0 saturated carbocycles. The van der Waals surface area contributed by atoms with Crippen molar-refractivity contribution in [2.45, 2.75) is 32.1 Å². The second-order valence-electron chi connectivity index (χ2n) is 4.11. The van der Waals surface area contributed by atoms with Gasteiger partial charge < -0.3 is 5.32 Å². The van der Waals surface area contributed by atoms with Crippen molar-refractivity contribution in [2.75, 3.05) is 13.1 Å². The zero-order valence-electron chi connectivity index (χ0n) is 8.17. The van der Waals surface area contributed by atoms with Crippen LogP contribution in [0.5, 0.6) is 0 Å². The van der Waals surface area contributed by atoms with Crippen molar-refractivity contribution < 1.29 is 0 Å². The second-order valence-corrected chi connectivity index (χ2v) is 4.11. The number of piperidine rings is 1. The minimum atomic E-state index is 0. The van der Waals surface area contributed by atoms with Gasteiger partial charge in [0.1, 0.15) is 0 Å². The molecule has 0 bridgehead atoms. The minimum Gasteiger partial charge on any atom is -0.317 e. The molecule has 0 aromatic heterocycles. The molecular weight excluding hydrogens is 182 g/mol. The van der Waals surface area contributed by atoms with Crippen LogP contribution >= 0.6 is 12.4 Å². The van der Waals surface area contributed by atoms with Crippen molar-refractivity contribution in [1.29, 1.82) is 0 Å². The molecule has 1 fully saturated rings. The van der Waals surface area contributed by atoms with Crippen molar-refractivity contribution >= 4 is 12.4 Å². The van der Waals surface area contributed by atoms with Crippen molar-refractivity contribution in [2.24, 2.45) is 11.8 Å². The van der Waals surface area contributed by atoms with E-state index in [1.165, 1.54) is 45.2 Å². The van der Waals surface area contributed by atoms with Crippen LogP contribution < -0.4 is 5.32 Å². The maximum atomic E-state index is 3.43. The molecule has 1 nitrogen and oxygen atoms in total. The summed E-state index contributed by atoms with van der Waals surface area (Å²) in [5, 5.41) is 3.43. The Balaban J connectivity index is 0.000000845. The van der Waals surface area contributed by atoms with Gasteiger partial charge >= 0.3 is 0 Å². The molecule has 13 heavy (non-hydrogen) atoms. The van der Waals surface area contributed by atoms with E-state index in [9.17, 15) is 0 Å². The number of nitrogens with one attached hydrogen (secondary N) is 1. The molecule has 0 radical (unpaired) electrons. The molecule has 1 unspecified atom stereocenters. The van der Waals surface area contributed by atoms with E-state index in [-0.39, 0.29) is 12.4 Å². The van der Waals surface area contributed by atoms with Gasteiger partial charge in [0, 0.05) is 0 Å². The number of hydrogen-bond donors (Lipinski definition) is 1. The summed E-state index contributed by atoms with van der Waals surface area (Å²) >= 11 is 0. The summed E-state index contributed by atoms with van der Waals surface area (Å²) in [5.41, 5.74) is 0. The topological polar surface area (TPSA) is 12.0 Å². The molecule has 0 amide bonds. The molecule has 1 atom stereocenters. The molecule has 1 aliphatic carbocycles. The summed E-state index contributed by atoms with van der Waals surface area (Å²) in [6, 6.07) is 0. The van der Waals surface area contributed by atoms with Crippen LogP contribution in [0.3, 0.4) is 0 Å². The average molecular weight is 202 g/mol. The molecule has 2 heteroatoms. The first kappa shape index (κ1) is 11.1. The zero-order valence-corrected chi connectivity index (χ0v) is 8.98. The third-order valence-corrected chi connectivity index (χ3v) is 3.28. The maximum Gasteiger partial charge on any atom is -0.00461 e. The lowest BCUT2D eigenvalue weighted by Crippen LogP contribution is -2.31. The molecule has 2 rings (SSSR count). The van der Waals surface area contributed by atoms with Crippen LogP contribution in [0.1, 0.15) is 32.1 Å². The predicted molar refractivity (Wildman–Crippen MR) is 59.3 cm³/mol. The van der Waals surface area contributed by atoms with Crippen molar-refractivity contribution in [3.05, 3.63) is 12.2 Å². The summed E-state index contributed by atoms with van der Waals surface area (Å²) in [4.78, 5) is 0. The van der Waals surface area contributed by atoms with E-state index in [0.29, 0.717) is 0 Å².